The summed E-state index contributed by atoms with van der Waals surface area (Å²) in [5.41, 5.74) is 2.19. The van der Waals surface area contributed by atoms with Crippen LogP contribution < -0.4 is 10.1 Å². The number of nitrogens with zero attached hydrogens (tertiary/aromatic N) is 1. The maximum atomic E-state index is 12.9. The van der Waals surface area contributed by atoms with Crippen molar-refractivity contribution in [1.29, 1.82) is 0 Å². The van der Waals surface area contributed by atoms with E-state index >= 15 is 0 Å². The Kier molecular flexibility index (Phi) is 4.53. The first-order chi connectivity index (χ1) is 11.6. The highest BCUT2D eigenvalue weighted by Gasteiger charge is 2.33. The largest absolute Gasteiger partial charge is 0.503 e. The van der Waals surface area contributed by atoms with Gasteiger partial charge in [-0.2, -0.15) is 0 Å². The summed E-state index contributed by atoms with van der Waals surface area (Å²) in [6.07, 6.45) is 0.453. The van der Waals surface area contributed by atoms with Crippen molar-refractivity contribution < 1.29 is 14.6 Å². The number of aromatic hydroxyl groups is 1. The predicted molar refractivity (Wildman–Crippen MR) is 93.8 cm³/mol. The quantitative estimate of drug-likeness (QED) is 0.877. The molecule has 1 aliphatic heterocycles. The van der Waals surface area contributed by atoms with Gasteiger partial charge in [0, 0.05) is 17.8 Å². The molecular formula is C18H19ClN2O3. The van der Waals surface area contributed by atoms with Crippen molar-refractivity contribution >= 4 is 23.2 Å². The second kappa shape index (κ2) is 6.61. The number of nitrogens with one attached hydrogen (secondary N) is 1. The van der Waals surface area contributed by atoms with Crippen LogP contribution in [-0.2, 0) is 0 Å². The van der Waals surface area contributed by atoms with Gasteiger partial charge in [0.05, 0.1) is 17.7 Å². The zero-order valence-electron chi connectivity index (χ0n) is 13.5. The van der Waals surface area contributed by atoms with Crippen LogP contribution in [0.4, 0.5) is 5.69 Å². The number of carbonyl (C=O) groups excluding carboxylic acids is 1. The Hall–Kier alpha value is -2.40. The zero-order chi connectivity index (χ0) is 17.3. The van der Waals surface area contributed by atoms with Gasteiger partial charge in [-0.1, -0.05) is 30.7 Å². The number of ether oxygens (including phenoxy) is 1. The van der Waals surface area contributed by atoms with Crippen LogP contribution in [0.5, 0.6) is 11.5 Å². The third-order valence-corrected chi connectivity index (χ3v) is 4.36. The Morgan fingerprint density at radius 1 is 1.33 bits per heavy atom. The molecule has 6 heteroatoms. The fraction of sp³-hybridized carbons (Fsp3) is 0.278. The van der Waals surface area contributed by atoms with E-state index in [4.69, 9.17) is 16.3 Å². The number of halogens is 1. The summed E-state index contributed by atoms with van der Waals surface area (Å²) in [5.74, 6) is 0.147. The number of anilines is 1. The van der Waals surface area contributed by atoms with Crippen molar-refractivity contribution in [2.24, 2.45) is 0 Å². The molecule has 1 aliphatic rings. The Bertz CT molecular complexity index is 779. The summed E-state index contributed by atoms with van der Waals surface area (Å²) in [7, 11) is 1.47. The van der Waals surface area contributed by atoms with Gasteiger partial charge < -0.3 is 20.1 Å². The van der Waals surface area contributed by atoms with Crippen LogP contribution in [0, 0.1) is 0 Å². The molecule has 2 N–H and O–H groups in total. The van der Waals surface area contributed by atoms with Gasteiger partial charge in [-0.3, -0.25) is 4.79 Å². The topological polar surface area (TPSA) is 61.8 Å². The standard InChI is InChI=1S/C18H19ClN2O3/c1-3-8-21-17(11-9-13(19)16(22)15(10-11)24-2)20-14-7-5-4-6-12(14)18(21)23/h4-7,9-10,17,20,22H,3,8H2,1-2H3/t17-/m1/s1. The monoisotopic (exact) mass is 346 g/mol. The van der Waals surface area contributed by atoms with Crippen molar-refractivity contribution in [3.05, 3.63) is 52.5 Å². The lowest BCUT2D eigenvalue weighted by Crippen LogP contribution is -2.43. The van der Waals surface area contributed by atoms with Gasteiger partial charge in [-0.25, -0.2) is 0 Å². The van der Waals surface area contributed by atoms with Gasteiger partial charge >= 0.3 is 0 Å². The fourth-order valence-electron chi connectivity index (χ4n) is 2.93. The molecule has 5 nitrogen and oxygen atoms in total. The fourth-order valence-corrected chi connectivity index (χ4v) is 3.15. The molecule has 0 aromatic heterocycles. The highest BCUT2D eigenvalue weighted by Crippen LogP contribution is 2.40. The number of phenolic OH excluding ortho intramolecular Hbond substituents is 1. The normalized spacial score (nSPS) is 16.5. The molecule has 0 fully saturated rings. The number of hydrogen-bond acceptors (Lipinski definition) is 4. The van der Waals surface area contributed by atoms with Crippen LogP contribution in [-0.4, -0.2) is 29.6 Å². The summed E-state index contributed by atoms with van der Waals surface area (Å²) >= 11 is 6.12. The molecule has 0 radical (unpaired) electrons. The van der Waals surface area contributed by atoms with E-state index in [1.54, 1.807) is 17.0 Å². The minimum Gasteiger partial charge on any atom is -0.503 e. The average molecular weight is 347 g/mol. The number of rotatable bonds is 4. The van der Waals surface area contributed by atoms with Gasteiger partial charge in [0.1, 0.15) is 6.17 Å². The second-order valence-corrected chi connectivity index (χ2v) is 6.05. The van der Waals surface area contributed by atoms with Crippen molar-refractivity contribution in [3.8, 4) is 11.5 Å². The molecule has 126 valence electrons. The van der Waals surface area contributed by atoms with Crippen molar-refractivity contribution in [2.45, 2.75) is 19.5 Å². The van der Waals surface area contributed by atoms with Crippen LogP contribution >= 0.6 is 11.6 Å². The molecule has 24 heavy (non-hydrogen) atoms. The maximum Gasteiger partial charge on any atom is 0.257 e. The molecule has 0 spiro atoms. The minimum absolute atomic E-state index is 0.0284. The summed E-state index contributed by atoms with van der Waals surface area (Å²) in [6.45, 7) is 2.63. The number of amides is 1. The van der Waals surface area contributed by atoms with Crippen LogP contribution in [0.3, 0.4) is 0 Å². The van der Waals surface area contributed by atoms with Gasteiger partial charge in [-0.15, -0.1) is 0 Å². The van der Waals surface area contributed by atoms with Gasteiger partial charge in [0.25, 0.3) is 5.91 Å². The molecule has 1 amide bonds. The van der Waals surface area contributed by atoms with Gasteiger partial charge in [-0.05, 0) is 30.7 Å². The van der Waals surface area contributed by atoms with E-state index in [2.05, 4.69) is 5.32 Å². The van der Waals surface area contributed by atoms with Gasteiger partial charge in [0.15, 0.2) is 11.5 Å². The predicted octanol–water partition coefficient (Wildman–Crippen LogP) is 4.03. The lowest BCUT2D eigenvalue weighted by atomic mass is 10.0. The Balaban J connectivity index is 2.09. The Morgan fingerprint density at radius 3 is 2.79 bits per heavy atom. The summed E-state index contributed by atoms with van der Waals surface area (Å²) in [6, 6.07) is 10.8. The number of benzene rings is 2. The number of para-hydroxylation sites is 1. The van der Waals surface area contributed by atoms with Crippen LogP contribution in [0.2, 0.25) is 5.02 Å². The molecule has 3 rings (SSSR count). The average Bonchev–Trinajstić information content (AvgIpc) is 2.59. The second-order valence-electron chi connectivity index (χ2n) is 5.64. The molecule has 2 aromatic carbocycles. The molecule has 1 atom stereocenters. The molecule has 0 aliphatic carbocycles. The van der Waals surface area contributed by atoms with Crippen molar-refractivity contribution in [1.82, 2.24) is 4.90 Å². The molecule has 1 heterocycles. The highest BCUT2D eigenvalue weighted by atomic mass is 35.5. The van der Waals surface area contributed by atoms with E-state index < -0.39 is 0 Å². The first-order valence-corrected chi connectivity index (χ1v) is 8.17. The molecule has 2 aromatic rings. The third-order valence-electron chi connectivity index (χ3n) is 4.07. The van der Waals surface area contributed by atoms with E-state index in [0.717, 1.165) is 17.7 Å². The molecule has 0 saturated carbocycles. The van der Waals surface area contributed by atoms with E-state index in [9.17, 15) is 9.90 Å². The summed E-state index contributed by atoms with van der Waals surface area (Å²) < 4.78 is 5.18. The summed E-state index contributed by atoms with van der Waals surface area (Å²) in [5, 5.41) is 13.5. The van der Waals surface area contributed by atoms with E-state index in [1.807, 2.05) is 31.2 Å². The SMILES string of the molecule is CCCN1C(=O)c2ccccc2N[C@H]1c1cc(Cl)c(O)c(OC)c1. The zero-order valence-corrected chi connectivity index (χ0v) is 14.3. The summed E-state index contributed by atoms with van der Waals surface area (Å²) in [4.78, 5) is 14.6. The number of hydrogen-bond donors (Lipinski definition) is 2. The third kappa shape index (κ3) is 2.76. The molecule has 0 unspecified atom stereocenters. The number of methoxy groups -OCH3 is 1. The van der Waals surface area contributed by atoms with Crippen molar-refractivity contribution in [2.75, 3.05) is 19.0 Å². The van der Waals surface area contributed by atoms with E-state index in [-0.39, 0.29) is 28.6 Å². The maximum absolute atomic E-state index is 12.9. The van der Waals surface area contributed by atoms with Crippen LogP contribution in [0.15, 0.2) is 36.4 Å². The van der Waals surface area contributed by atoms with Crippen molar-refractivity contribution in [3.63, 3.8) is 0 Å². The van der Waals surface area contributed by atoms with Crippen LogP contribution in [0.25, 0.3) is 0 Å². The lowest BCUT2D eigenvalue weighted by Gasteiger charge is -2.38. The molecular weight excluding hydrogens is 328 g/mol. The number of phenols is 1. The van der Waals surface area contributed by atoms with Gasteiger partial charge in [0.2, 0.25) is 0 Å². The Labute approximate surface area is 145 Å². The first kappa shape index (κ1) is 16.5. The first-order valence-electron chi connectivity index (χ1n) is 7.79. The minimum atomic E-state index is -0.376. The molecule has 0 saturated heterocycles. The molecule has 0 bridgehead atoms. The highest BCUT2D eigenvalue weighted by molar-refractivity contribution is 6.32. The number of carbonyl (C=O) groups is 1. The van der Waals surface area contributed by atoms with E-state index in [1.165, 1.54) is 7.11 Å². The smallest absolute Gasteiger partial charge is 0.257 e. The van der Waals surface area contributed by atoms with Crippen LogP contribution in [0.1, 0.15) is 35.4 Å². The Morgan fingerprint density at radius 2 is 2.08 bits per heavy atom. The number of fused-ring (bicyclic) bond motifs is 1. The van der Waals surface area contributed by atoms with E-state index in [0.29, 0.717) is 12.1 Å². The lowest BCUT2D eigenvalue weighted by molar-refractivity contribution is 0.0683.